The van der Waals surface area contributed by atoms with Crippen LogP contribution in [0.1, 0.15) is 0 Å². The predicted molar refractivity (Wildman–Crippen MR) is 69.2 cm³/mol. The van der Waals surface area contributed by atoms with E-state index in [0.29, 0.717) is 31.3 Å². The fraction of sp³-hybridized carbons (Fsp3) is 0.400. The van der Waals surface area contributed by atoms with Crippen LogP contribution in [0.2, 0.25) is 10.0 Å². The molecule has 0 unspecified atom stereocenters. The summed E-state index contributed by atoms with van der Waals surface area (Å²) < 4.78 is 29.4. The van der Waals surface area contributed by atoms with Crippen molar-refractivity contribution in [2.45, 2.75) is 4.90 Å². The molecule has 0 aromatic heterocycles. The Morgan fingerprint density at radius 3 is 2.56 bits per heavy atom. The standard InChI is InChI=1S/C10H12Cl2N2O3S/c11-8-1-2-9(12)10(7-8)18(15,16)13-14-3-5-17-6-4-14/h1-2,7,13H,3-6H2. The number of benzene rings is 1. The second-order valence-electron chi connectivity index (χ2n) is 3.77. The normalized spacial score (nSPS) is 17.9. The molecule has 2 rings (SSSR count). The minimum absolute atomic E-state index is 0.0249. The fourth-order valence-corrected chi connectivity index (χ4v) is 3.44. The molecule has 18 heavy (non-hydrogen) atoms. The molecule has 0 atom stereocenters. The van der Waals surface area contributed by atoms with Crippen molar-refractivity contribution in [1.82, 2.24) is 9.84 Å². The first kappa shape index (κ1) is 14.0. The van der Waals surface area contributed by atoms with Gasteiger partial charge in [-0.15, -0.1) is 4.83 Å². The highest BCUT2D eigenvalue weighted by molar-refractivity contribution is 7.89. The van der Waals surface area contributed by atoms with E-state index in [0.717, 1.165) is 0 Å². The van der Waals surface area contributed by atoms with Crippen LogP contribution >= 0.6 is 23.2 Å². The van der Waals surface area contributed by atoms with E-state index in [9.17, 15) is 8.42 Å². The second-order valence-corrected chi connectivity index (χ2v) is 6.24. The molecule has 1 heterocycles. The molecule has 1 N–H and O–H groups in total. The number of hydrogen-bond acceptors (Lipinski definition) is 4. The van der Waals surface area contributed by atoms with Crippen LogP contribution < -0.4 is 4.83 Å². The molecule has 0 spiro atoms. The highest BCUT2D eigenvalue weighted by atomic mass is 35.5. The van der Waals surface area contributed by atoms with Crippen molar-refractivity contribution < 1.29 is 13.2 Å². The number of rotatable bonds is 3. The molecule has 0 bridgehead atoms. The van der Waals surface area contributed by atoms with Crippen molar-refractivity contribution in [2.75, 3.05) is 26.3 Å². The van der Waals surface area contributed by atoms with Crippen LogP contribution in [-0.2, 0) is 14.8 Å². The Labute approximate surface area is 116 Å². The quantitative estimate of drug-likeness (QED) is 0.919. The number of nitrogens with zero attached hydrogens (tertiary/aromatic N) is 1. The van der Waals surface area contributed by atoms with Gasteiger partial charge in [0, 0.05) is 18.1 Å². The van der Waals surface area contributed by atoms with Gasteiger partial charge in [-0.05, 0) is 18.2 Å². The van der Waals surface area contributed by atoms with Crippen LogP contribution in [0.15, 0.2) is 23.1 Å². The largest absolute Gasteiger partial charge is 0.379 e. The summed E-state index contributed by atoms with van der Waals surface area (Å²) in [5, 5.41) is 2.04. The van der Waals surface area contributed by atoms with Crippen molar-refractivity contribution in [3.8, 4) is 0 Å². The topological polar surface area (TPSA) is 58.6 Å². The van der Waals surface area contributed by atoms with Crippen LogP contribution in [-0.4, -0.2) is 39.7 Å². The Morgan fingerprint density at radius 1 is 1.22 bits per heavy atom. The summed E-state index contributed by atoms with van der Waals surface area (Å²) >= 11 is 11.7. The predicted octanol–water partition coefficient (Wildman–Crippen LogP) is 1.52. The highest BCUT2D eigenvalue weighted by Gasteiger charge is 2.22. The Hall–Kier alpha value is -0.370. The summed E-state index contributed by atoms with van der Waals surface area (Å²) in [6.45, 7) is 1.98. The SMILES string of the molecule is O=S(=O)(NN1CCOCC1)c1cc(Cl)ccc1Cl. The highest BCUT2D eigenvalue weighted by Crippen LogP contribution is 2.24. The minimum atomic E-state index is -3.71. The number of hydrazine groups is 1. The zero-order valence-electron chi connectivity index (χ0n) is 9.40. The van der Waals surface area contributed by atoms with Gasteiger partial charge in [0.2, 0.25) is 0 Å². The van der Waals surface area contributed by atoms with Gasteiger partial charge < -0.3 is 4.74 Å². The number of halogens is 2. The number of ether oxygens (including phenoxy) is 1. The average Bonchev–Trinajstić information content (AvgIpc) is 2.33. The number of morpholine rings is 1. The van der Waals surface area contributed by atoms with Gasteiger partial charge in [0.05, 0.1) is 18.2 Å². The second kappa shape index (κ2) is 5.73. The summed E-state index contributed by atoms with van der Waals surface area (Å²) in [5.74, 6) is 0. The fourth-order valence-electron chi connectivity index (χ4n) is 1.56. The molecule has 5 nitrogen and oxygen atoms in total. The molecule has 1 aromatic carbocycles. The van der Waals surface area contributed by atoms with Gasteiger partial charge in [-0.3, -0.25) is 0 Å². The summed E-state index contributed by atoms with van der Waals surface area (Å²) in [5.41, 5.74) is 0. The molecular formula is C10H12Cl2N2O3S. The van der Waals surface area contributed by atoms with Crippen LogP contribution in [0.25, 0.3) is 0 Å². The summed E-state index contributed by atoms with van der Waals surface area (Å²) in [6, 6.07) is 4.32. The molecule has 1 aliphatic rings. The van der Waals surface area contributed by atoms with Gasteiger partial charge in [0.15, 0.2) is 0 Å². The van der Waals surface area contributed by atoms with Gasteiger partial charge in [0.1, 0.15) is 4.90 Å². The van der Waals surface area contributed by atoms with Crippen LogP contribution in [0.3, 0.4) is 0 Å². The molecule has 0 saturated carbocycles. The third kappa shape index (κ3) is 3.34. The monoisotopic (exact) mass is 310 g/mol. The lowest BCUT2D eigenvalue weighted by atomic mass is 10.4. The lowest BCUT2D eigenvalue weighted by molar-refractivity contribution is 0.0272. The molecule has 1 aromatic rings. The van der Waals surface area contributed by atoms with E-state index >= 15 is 0 Å². The third-order valence-corrected chi connectivity index (χ3v) is 4.54. The smallest absolute Gasteiger partial charge is 0.254 e. The third-order valence-electron chi connectivity index (χ3n) is 2.44. The van der Waals surface area contributed by atoms with E-state index in [2.05, 4.69) is 4.83 Å². The molecule has 0 aliphatic carbocycles. The van der Waals surface area contributed by atoms with E-state index in [-0.39, 0.29) is 9.92 Å². The molecular weight excluding hydrogens is 299 g/mol. The van der Waals surface area contributed by atoms with Gasteiger partial charge in [-0.1, -0.05) is 23.2 Å². The van der Waals surface area contributed by atoms with E-state index in [1.54, 1.807) is 5.01 Å². The van der Waals surface area contributed by atoms with Crippen LogP contribution in [0.4, 0.5) is 0 Å². The first-order valence-electron chi connectivity index (χ1n) is 5.29. The Kier molecular flexibility index (Phi) is 4.47. The number of sulfonamides is 1. The lowest BCUT2D eigenvalue weighted by Crippen LogP contribution is -2.48. The molecule has 1 saturated heterocycles. The van der Waals surface area contributed by atoms with Gasteiger partial charge in [0.25, 0.3) is 10.0 Å². The molecule has 100 valence electrons. The molecule has 1 aliphatic heterocycles. The van der Waals surface area contributed by atoms with E-state index in [1.165, 1.54) is 18.2 Å². The van der Waals surface area contributed by atoms with Crippen LogP contribution in [0.5, 0.6) is 0 Å². The summed E-state index contributed by atoms with van der Waals surface area (Å²) in [7, 11) is -3.71. The zero-order valence-corrected chi connectivity index (χ0v) is 11.7. The number of nitrogens with one attached hydrogen (secondary N) is 1. The van der Waals surface area contributed by atoms with Crippen molar-refractivity contribution in [3.05, 3.63) is 28.2 Å². The van der Waals surface area contributed by atoms with Crippen molar-refractivity contribution in [2.24, 2.45) is 0 Å². The zero-order chi connectivity index (χ0) is 13.2. The maximum atomic E-state index is 12.1. The minimum Gasteiger partial charge on any atom is -0.379 e. The van der Waals surface area contributed by atoms with E-state index in [1.807, 2.05) is 0 Å². The first-order valence-corrected chi connectivity index (χ1v) is 7.53. The van der Waals surface area contributed by atoms with E-state index in [4.69, 9.17) is 27.9 Å². The van der Waals surface area contributed by atoms with Gasteiger partial charge in [-0.2, -0.15) is 0 Å². The van der Waals surface area contributed by atoms with Crippen molar-refractivity contribution >= 4 is 33.2 Å². The molecule has 0 radical (unpaired) electrons. The summed E-state index contributed by atoms with van der Waals surface area (Å²) in [6.07, 6.45) is 0. The molecule has 8 heteroatoms. The maximum absolute atomic E-state index is 12.1. The van der Waals surface area contributed by atoms with Crippen molar-refractivity contribution in [1.29, 1.82) is 0 Å². The average molecular weight is 311 g/mol. The Morgan fingerprint density at radius 2 is 1.89 bits per heavy atom. The summed E-state index contributed by atoms with van der Waals surface area (Å²) in [4.78, 5) is 2.44. The Bertz CT molecular complexity index is 530. The lowest BCUT2D eigenvalue weighted by Gasteiger charge is -2.26. The first-order chi connectivity index (χ1) is 8.49. The molecule has 0 amide bonds. The van der Waals surface area contributed by atoms with Gasteiger partial charge >= 0.3 is 0 Å². The maximum Gasteiger partial charge on any atom is 0.254 e. The van der Waals surface area contributed by atoms with Crippen LogP contribution in [0, 0.1) is 0 Å². The van der Waals surface area contributed by atoms with Gasteiger partial charge in [-0.25, -0.2) is 13.4 Å². The van der Waals surface area contributed by atoms with E-state index < -0.39 is 10.0 Å². The van der Waals surface area contributed by atoms with Crippen molar-refractivity contribution in [3.63, 3.8) is 0 Å². The molecule has 1 fully saturated rings. The Balaban J connectivity index is 2.21. The number of hydrogen-bond donors (Lipinski definition) is 1.